The lowest BCUT2D eigenvalue weighted by atomic mass is 9.91. The Bertz CT molecular complexity index is 651. The van der Waals surface area contributed by atoms with Gasteiger partial charge in [0.15, 0.2) is 0 Å². The Hall–Kier alpha value is -2.05. The number of carbonyl (C=O) groups excluding carboxylic acids is 1. The molecule has 7 nitrogen and oxygen atoms in total. The number of amides is 2. The van der Waals surface area contributed by atoms with E-state index in [1.807, 2.05) is 11.6 Å². The minimum atomic E-state index is -0.826. The molecule has 1 aliphatic heterocycles. The third kappa shape index (κ3) is 4.14. The topological polar surface area (TPSA) is 87.5 Å². The summed E-state index contributed by atoms with van der Waals surface area (Å²) in [5.74, 6) is -0.162. The molecule has 138 valence electrons. The van der Waals surface area contributed by atoms with Crippen LogP contribution in [0.1, 0.15) is 51.6 Å². The molecule has 7 heteroatoms. The first-order valence-corrected chi connectivity index (χ1v) is 9.19. The Morgan fingerprint density at radius 3 is 2.68 bits per heavy atom. The molecule has 3 rings (SSSR count). The second-order valence-electron chi connectivity index (χ2n) is 8.00. The lowest BCUT2D eigenvalue weighted by Gasteiger charge is -2.34. The first kappa shape index (κ1) is 17.8. The second kappa shape index (κ2) is 7.06. The summed E-state index contributed by atoms with van der Waals surface area (Å²) in [5, 5.41) is 16.7. The fraction of sp³-hybridized carbons (Fsp3) is 0.722. The van der Waals surface area contributed by atoms with E-state index in [1.165, 1.54) is 0 Å². The van der Waals surface area contributed by atoms with Crippen molar-refractivity contribution in [1.29, 1.82) is 0 Å². The van der Waals surface area contributed by atoms with E-state index in [0.29, 0.717) is 24.8 Å². The van der Waals surface area contributed by atoms with Crippen LogP contribution in [0, 0.1) is 17.8 Å². The van der Waals surface area contributed by atoms with Gasteiger partial charge in [0.2, 0.25) is 0 Å². The van der Waals surface area contributed by atoms with Gasteiger partial charge in [-0.1, -0.05) is 20.8 Å². The summed E-state index contributed by atoms with van der Waals surface area (Å²) in [6.07, 6.45) is 4.62. The summed E-state index contributed by atoms with van der Waals surface area (Å²) in [6, 6.07) is -0.219. The number of urea groups is 1. The fourth-order valence-electron chi connectivity index (χ4n) is 3.66. The zero-order valence-corrected chi connectivity index (χ0v) is 15.2. The molecule has 1 saturated heterocycles. The van der Waals surface area contributed by atoms with E-state index in [4.69, 9.17) is 0 Å². The Labute approximate surface area is 148 Å². The minimum Gasteiger partial charge on any atom is -0.481 e. The van der Waals surface area contributed by atoms with Gasteiger partial charge in [0, 0.05) is 25.6 Å². The molecule has 1 aliphatic carbocycles. The van der Waals surface area contributed by atoms with Crippen molar-refractivity contribution < 1.29 is 14.7 Å². The highest BCUT2D eigenvalue weighted by Crippen LogP contribution is 2.43. The average Bonchev–Trinajstić information content (AvgIpc) is 3.29. The zero-order valence-electron chi connectivity index (χ0n) is 15.2. The molecule has 2 amide bonds. The van der Waals surface area contributed by atoms with Crippen LogP contribution in [0.3, 0.4) is 0 Å². The summed E-state index contributed by atoms with van der Waals surface area (Å²) >= 11 is 0. The summed E-state index contributed by atoms with van der Waals surface area (Å²) < 4.78 is 2.01. The number of hydrogen-bond donors (Lipinski definition) is 2. The highest BCUT2D eigenvalue weighted by Gasteiger charge is 2.34. The van der Waals surface area contributed by atoms with Gasteiger partial charge in [-0.2, -0.15) is 5.10 Å². The second-order valence-corrected chi connectivity index (χ2v) is 8.00. The van der Waals surface area contributed by atoms with Crippen molar-refractivity contribution in [3.05, 3.63) is 11.9 Å². The summed E-state index contributed by atoms with van der Waals surface area (Å²) in [7, 11) is 0. The first-order chi connectivity index (χ1) is 11.8. The highest BCUT2D eigenvalue weighted by atomic mass is 16.4. The van der Waals surface area contributed by atoms with E-state index in [0.717, 1.165) is 30.8 Å². The van der Waals surface area contributed by atoms with Crippen molar-refractivity contribution in [2.45, 2.75) is 52.5 Å². The van der Waals surface area contributed by atoms with Crippen LogP contribution in [0.4, 0.5) is 10.5 Å². The van der Waals surface area contributed by atoms with E-state index >= 15 is 0 Å². The largest absolute Gasteiger partial charge is 0.481 e. The predicted octanol–water partition coefficient (Wildman–Crippen LogP) is 2.99. The van der Waals surface area contributed by atoms with Crippen LogP contribution >= 0.6 is 0 Å². The van der Waals surface area contributed by atoms with E-state index in [2.05, 4.69) is 24.3 Å². The van der Waals surface area contributed by atoms with Gasteiger partial charge in [-0.3, -0.25) is 9.48 Å². The summed E-state index contributed by atoms with van der Waals surface area (Å²) in [5.41, 5.74) is 1.89. The van der Waals surface area contributed by atoms with Crippen LogP contribution in [0.5, 0.6) is 0 Å². The number of rotatable bonds is 5. The van der Waals surface area contributed by atoms with Gasteiger partial charge >= 0.3 is 12.0 Å². The standard InChI is InChI=1S/C18H28N4O3/c1-11(2)8-22-16(13-4-5-13)15(7-19-22)20-18(25)21-9-12(3)6-14(10-21)17(23)24/h7,11-14H,4-6,8-10H2,1-3H3,(H,20,25)(H,23,24). The van der Waals surface area contributed by atoms with Crippen molar-refractivity contribution in [3.63, 3.8) is 0 Å². The molecule has 0 spiro atoms. The number of hydrogen-bond acceptors (Lipinski definition) is 3. The van der Waals surface area contributed by atoms with E-state index < -0.39 is 11.9 Å². The lowest BCUT2D eigenvalue weighted by molar-refractivity contribution is -0.143. The van der Waals surface area contributed by atoms with Crippen molar-refractivity contribution in [3.8, 4) is 0 Å². The molecule has 0 radical (unpaired) electrons. The smallest absolute Gasteiger partial charge is 0.321 e. The number of aliphatic carboxylic acids is 1. The van der Waals surface area contributed by atoms with Crippen LogP contribution in [0.15, 0.2) is 6.20 Å². The maximum atomic E-state index is 12.7. The van der Waals surface area contributed by atoms with Gasteiger partial charge in [-0.25, -0.2) is 4.79 Å². The van der Waals surface area contributed by atoms with Crippen LogP contribution < -0.4 is 5.32 Å². The predicted molar refractivity (Wildman–Crippen MR) is 94.5 cm³/mol. The van der Waals surface area contributed by atoms with Gasteiger partial charge in [0.25, 0.3) is 0 Å². The third-order valence-corrected chi connectivity index (χ3v) is 4.92. The number of piperidine rings is 1. The molecule has 2 aliphatic rings. The summed E-state index contributed by atoms with van der Waals surface area (Å²) in [4.78, 5) is 25.6. The van der Waals surface area contributed by atoms with Crippen LogP contribution in [0.2, 0.25) is 0 Å². The molecule has 2 atom stereocenters. The van der Waals surface area contributed by atoms with Gasteiger partial charge in [0.1, 0.15) is 0 Å². The monoisotopic (exact) mass is 348 g/mol. The maximum absolute atomic E-state index is 12.7. The number of nitrogens with zero attached hydrogens (tertiary/aromatic N) is 3. The molecule has 0 bridgehead atoms. The van der Waals surface area contributed by atoms with Crippen molar-refractivity contribution in [2.24, 2.45) is 17.8 Å². The zero-order chi connectivity index (χ0) is 18.1. The molecule has 2 fully saturated rings. The third-order valence-electron chi connectivity index (χ3n) is 4.92. The van der Waals surface area contributed by atoms with Gasteiger partial charge in [-0.05, 0) is 31.1 Å². The molecule has 1 aromatic heterocycles. The Morgan fingerprint density at radius 2 is 2.08 bits per heavy atom. The molecule has 2 unspecified atom stereocenters. The molecule has 1 aromatic rings. The Morgan fingerprint density at radius 1 is 1.36 bits per heavy atom. The van der Waals surface area contributed by atoms with Gasteiger partial charge in [0.05, 0.1) is 23.5 Å². The number of carbonyl (C=O) groups is 2. The molecule has 2 heterocycles. The van der Waals surface area contributed by atoms with Crippen LogP contribution in [-0.2, 0) is 11.3 Å². The molecular weight excluding hydrogens is 320 g/mol. The molecule has 25 heavy (non-hydrogen) atoms. The maximum Gasteiger partial charge on any atom is 0.321 e. The van der Waals surface area contributed by atoms with Gasteiger partial charge in [-0.15, -0.1) is 0 Å². The normalized spacial score (nSPS) is 23.8. The van der Waals surface area contributed by atoms with E-state index in [-0.39, 0.29) is 18.5 Å². The quantitative estimate of drug-likeness (QED) is 0.856. The number of nitrogens with one attached hydrogen (secondary N) is 1. The van der Waals surface area contributed by atoms with Crippen molar-refractivity contribution in [2.75, 3.05) is 18.4 Å². The fourth-order valence-corrected chi connectivity index (χ4v) is 3.66. The summed E-state index contributed by atoms with van der Waals surface area (Å²) in [6.45, 7) is 7.99. The van der Waals surface area contributed by atoms with E-state index in [9.17, 15) is 14.7 Å². The Balaban J connectivity index is 1.72. The number of carboxylic acid groups (broad SMARTS) is 1. The number of carboxylic acids is 1. The number of likely N-dealkylation sites (tertiary alicyclic amines) is 1. The number of aromatic nitrogens is 2. The molecule has 1 saturated carbocycles. The van der Waals surface area contributed by atoms with Crippen molar-refractivity contribution in [1.82, 2.24) is 14.7 Å². The average molecular weight is 348 g/mol. The van der Waals surface area contributed by atoms with Crippen molar-refractivity contribution >= 4 is 17.7 Å². The van der Waals surface area contributed by atoms with Gasteiger partial charge < -0.3 is 15.3 Å². The van der Waals surface area contributed by atoms with Crippen LogP contribution in [0.25, 0.3) is 0 Å². The molecular formula is C18H28N4O3. The van der Waals surface area contributed by atoms with Crippen LogP contribution in [-0.4, -0.2) is 44.9 Å². The van der Waals surface area contributed by atoms with E-state index in [1.54, 1.807) is 11.1 Å². The highest BCUT2D eigenvalue weighted by molar-refractivity contribution is 5.90. The first-order valence-electron chi connectivity index (χ1n) is 9.19. The Kier molecular flexibility index (Phi) is 5.01. The molecule has 0 aromatic carbocycles. The SMILES string of the molecule is CC(C)Cn1ncc(NC(=O)N2CC(C)CC(C(=O)O)C2)c1C1CC1. The number of anilines is 1. The molecule has 2 N–H and O–H groups in total. The lowest BCUT2D eigenvalue weighted by Crippen LogP contribution is -2.47. The minimum absolute atomic E-state index is 0.187.